The van der Waals surface area contributed by atoms with E-state index in [9.17, 15) is 0 Å². The molecule has 0 nitrogen and oxygen atoms in total. The van der Waals surface area contributed by atoms with Crippen molar-refractivity contribution in [1.29, 1.82) is 0 Å². The van der Waals surface area contributed by atoms with E-state index in [2.05, 4.69) is 62.4 Å². The largest absolute Gasteiger partial charge is 0.0617 e. The second kappa shape index (κ2) is 4.97. The summed E-state index contributed by atoms with van der Waals surface area (Å²) in [6, 6.07) is 18.9. The summed E-state index contributed by atoms with van der Waals surface area (Å²) in [7, 11) is 0. The predicted octanol–water partition coefficient (Wildman–Crippen LogP) is 6.09. The Balaban J connectivity index is 1.63. The maximum Gasteiger partial charge on any atom is -0.00331 e. The molecule has 0 saturated heterocycles. The van der Waals surface area contributed by atoms with E-state index in [1.54, 1.807) is 11.1 Å². The van der Waals surface area contributed by atoms with Gasteiger partial charge in [0.05, 0.1) is 0 Å². The zero-order chi connectivity index (χ0) is 16.4. The zero-order valence-corrected chi connectivity index (χ0v) is 15.0. The summed E-state index contributed by atoms with van der Waals surface area (Å²) in [6.45, 7) is 4.50. The van der Waals surface area contributed by atoms with E-state index < -0.39 is 0 Å². The highest BCUT2D eigenvalue weighted by atomic mass is 14.6. The minimum Gasteiger partial charge on any atom is -0.0617 e. The minimum atomic E-state index is 0.444. The third-order valence-corrected chi connectivity index (χ3v) is 7.32. The molecule has 0 aliphatic heterocycles. The van der Waals surface area contributed by atoms with Crippen LogP contribution in [0.15, 0.2) is 48.5 Å². The van der Waals surface area contributed by atoms with Crippen LogP contribution in [0.2, 0.25) is 0 Å². The van der Waals surface area contributed by atoms with Crippen LogP contribution in [-0.2, 0) is 10.8 Å². The molecule has 4 aliphatic rings. The number of hydrogen-bond acceptors (Lipinski definition) is 0. The summed E-state index contributed by atoms with van der Waals surface area (Å²) < 4.78 is 0. The standard InChI is InChI=1S/C24H28/c1-17-5-3-7-21(9-17)23-12-19-11-20(13-23)15-24(14-19,16-23)22-8-4-6-18(2)10-22/h3-10,19-20H,11-16H2,1-2H3. The van der Waals surface area contributed by atoms with Crippen molar-refractivity contribution >= 4 is 0 Å². The molecule has 2 aromatic rings. The lowest BCUT2D eigenvalue weighted by Crippen LogP contribution is -2.55. The van der Waals surface area contributed by atoms with E-state index in [-0.39, 0.29) is 0 Å². The fraction of sp³-hybridized carbons (Fsp3) is 0.500. The second-order valence-electron chi connectivity index (χ2n) is 9.26. The topological polar surface area (TPSA) is 0 Å². The molecule has 4 bridgehead atoms. The summed E-state index contributed by atoms with van der Waals surface area (Å²) in [4.78, 5) is 0. The van der Waals surface area contributed by atoms with Gasteiger partial charge in [-0.05, 0) is 86.2 Å². The molecule has 0 heteroatoms. The van der Waals surface area contributed by atoms with Crippen LogP contribution in [-0.4, -0.2) is 0 Å². The fourth-order valence-electron chi connectivity index (χ4n) is 6.89. The van der Waals surface area contributed by atoms with Gasteiger partial charge < -0.3 is 0 Å². The Bertz CT molecular complexity index is 707. The second-order valence-corrected chi connectivity index (χ2v) is 9.26. The first-order chi connectivity index (χ1) is 11.6. The number of aryl methyl sites for hydroxylation is 2. The first-order valence-electron chi connectivity index (χ1n) is 9.71. The van der Waals surface area contributed by atoms with E-state index in [4.69, 9.17) is 0 Å². The highest BCUT2D eigenvalue weighted by Crippen LogP contribution is 2.66. The quantitative estimate of drug-likeness (QED) is 0.628. The summed E-state index contributed by atoms with van der Waals surface area (Å²) in [5, 5.41) is 0. The first-order valence-corrected chi connectivity index (χ1v) is 9.71. The third-order valence-electron chi connectivity index (χ3n) is 7.32. The molecule has 0 heterocycles. The molecular weight excluding hydrogens is 288 g/mol. The molecule has 0 radical (unpaired) electrons. The van der Waals surface area contributed by atoms with Crippen LogP contribution in [0.5, 0.6) is 0 Å². The van der Waals surface area contributed by atoms with Crippen molar-refractivity contribution in [1.82, 2.24) is 0 Å². The number of benzene rings is 2. The van der Waals surface area contributed by atoms with Crippen LogP contribution < -0.4 is 0 Å². The van der Waals surface area contributed by atoms with E-state index in [0.717, 1.165) is 11.8 Å². The Morgan fingerprint density at radius 3 is 1.58 bits per heavy atom. The Labute approximate surface area is 146 Å². The van der Waals surface area contributed by atoms with Crippen LogP contribution in [0, 0.1) is 25.7 Å². The van der Waals surface area contributed by atoms with Gasteiger partial charge in [0.1, 0.15) is 0 Å². The van der Waals surface area contributed by atoms with Crippen LogP contribution >= 0.6 is 0 Å². The smallest absolute Gasteiger partial charge is 0.00331 e. The molecule has 0 amide bonds. The highest BCUT2D eigenvalue weighted by Gasteiger charge is 2.58. The summed E-state index contributed by atoms with van der Waals surface area (Å²) in [6.07, 6.45) is 8.59. The van der Waals surface area contributed by atoms with Gasteiger partial charge >= 0.3 is 0 Å². The molecule has 0 aromatic heterocycles. The van der Waals surface area contributed by atoms with E-state index in [1.165, 1.54) is 49.7 Å². The van der Waals surface area contributed by atoms with Crippen molar-refractivity contribution in [3.8, 4) is 0 Å². The van der Waals surface area contributed by atoms with Gasteiger partial charge in [-0.3, -0.25) is 0 Å². The average Bonchev–Trinajstić information content (AvgIpc) is 2.54. The Hall–Kier alpha value is -1.56. The van der Waals surface area contributed by atoms with Gasteiger partial charge in [0.2, 0.25) is 0 Å². The molecular formula is C24H28. The normalized spacial score (nSPS) is 36.9. The summed E-state index contributed by atoms with van der Waals surface area (Å²) in [5.74, 6) is 1.87. The maximum absolute atomic E-state index is 2.48. The summed E-state index contributed by atoms with van der Waals surface area (Å²) in [5.41, 5.74) is 7.00. The number of hydrogen-bond donors (Lipinski definition) is 0. The molecule has 124 valence electrons. The van der Waals surface area contributed by atoms with E-state index >= 15 is 0 Å². The summed E-state index contributed by atoms with van der Waals surface area (Å²) >= 11 is 0. The lowest BCUT2D eigenvalue weighted by atomic mass is 9.41. The maximum atomic E-state index is 2.48. The van der Waals surface area contributed by atoms with Crippen LogP contribution in [0.4, 0.5) is 0 Å². The molecule has 4 saturated carbocycles. The molecule has 0 unspecified atom stereocenters. The zero-order valence-electron chi connectivity index (χ0n) is 15.0. The SMILES string of the molecule is Cc1cccc(C23CC4CC(C2)CC(c2cccc(C)c2)(C4)C3)c1. The molecule has 0 N–H and O–H groups in total. The van der Waals surface area contributed by atoms with Gasteiger partial charge in [-0.25, -0.2) is 0 Å². The Kier molecular flexibility index (Phi) is 3.06. The van der Waals surface area contributed by atoms with Crippen molar-refractivity contribution in [2.45, 2.75) is 63.2 Å². The first kappa shape index (κ1) is 14.8. The van der Waals surface area contributed by atoms with Gasteiger partial charge in [0.25, 0.3) is 0 Å². The highest BCUT2D eigenvalue weighted by molar-refractivity contribution is 5.39. The van der Waals surface area contributed by atoms with Crippen LogP contribution in [0.1, 0.15) is 60.8 Å². The van der Waals surface area contributed by atoms with E-state index in [1.807, 2.05) is 0 Å². The predicted molar refractivity (Wildman–Crippen MR) is 100 cm³/mol. The Morgan fingerprint density at radius 1 is 0.708 bits per heavy atom. The van der Waals surface area contributed by atoms with E-state index in [0.29, 0.717) is 10.8 Å². The molecule has 0 atom stereocenters. The van der Waals surface area contributed by atoms with Crippen molar-refractivity contribution in [2.75, 3.05) is 0 Å². The fourth-order valence-corrected chi connectivity index (χ4v) is 6.89. The van der Waals surface area contributed by atoms with Gasteiger partial charge in [-0.1, -0.05) is 59.7 Å². The molecule has 24 heavy (non-hydrogen) atoms. The van der Waals surface area contributed by atoms with Crippen molar-refractivity contribution in [3.63, 3.8) is 0 Å². The van der Waals surface area contributed by atoms with Crippen LogP contribution in [0.25, 0.3) is 0 Å². The lowest BCUT2D eigenvalue weighted by molar-refractivity contribution is -0.0281. The van der Waals surface area contributed by atoms with Crippen molar-refractivity contribution in [3.05, 3.63) is 70.8 Å². The molecule has 2 aromatic carbocycles. The molecule has 6 rings (SSSR count). The third kappa shape index (κ3) is 2.11. The molecule has 0 spiro atoms. The molecule has 4 aliphatic carbocycles. The monoisotopic (exact) mass is 316 g/mol. The minimum absolute atomic E-state index is 0.444. The van der Waals surface area contributed by atoms with Gasteiger partial charge in [0, 0.05) is 0 Å². The Morgan fingerprint density at radius 2 is 1.17 bits per heavy atom. The van der Waals surface area contributed by atoms with Crippen molar-refractivity contribution < 1.29 is 0 Å². The number of rotatable bonds is 2. The van der Waals surface area contributed by atoms with Crippen molar-refractivity contribution in [2.24, 2.45) is 11.8 Å². The lowest BCUT2D eigenvalue weighted by Gasteiger charge is -2.63. The average molecular weight is 316 g/mol. The van der Waals surface area contributed by atoms with Gasteiger partial charge in [-0.2, -0.15) is 0 Å². The molecule has 4 fully saturated rings. The van der Waals surface area contributed by atoms with Gasteiger partial charge in [0.15, 0.2) is 0 Å². The van der Waals surface area contributed by atoms with Gasteiger partial charge in [-0.15, -0.1) is 0 Å². The van der Waals surface area contributed by atoms with Crippen LogP contribution in [0.3, 0.4) is 0 Å².